The Bertz CT molecular complexity index is 504. The van der Waals surface area contributed by atoms with E-state index in [-0.39, 0.29) is 5.91 Å². The van der Waals surface area contributed by atoms with E-state index in [1.807, 2.05) is 0 Å². The van der Waals surface area contributed by atoms with Crippen LogP contribution >= 0.6 is 0 Å². The summed E-state index contributed by atoms with van der Waals surface area (Å²) in [6.45, 7) is 3.44. The molecule has 1 fully saturated rings. The van der Waals surface area contributed by atoms with Crippen LogP contribution in [0.4, 0.5) is 0 Å². The number of carbonyl (C=O) groups is 2. The summed E-state index contributed by atoms with van der Waals surface area (Å²) < 4.78 is 9.70. The van der Waals surface area contributed by atoms with E-state index in [4.69, 9.17) is 4.52 Å². The minimum Gasteiger partial charge on any atom is -0.467 e. The topological polar surface area (TPSA) is 72.6 Å². The number of nitrogens with zero attached hydrogens (tertiary/aromatic N) is 2. The highest BCUT2D eigenvalue weighted by Gasteiger charge is 2.55. The monoisotopic (exact) mass is 266 g/mol. The molecule has 1 aliphatic rings. The molecule has 0 radical (unpaired) electrons. The summed E-state index contributed by atoms with van der Waals surface area (Å²) in [5, 5.41) is 3.94. The molecule has 0 bridgehead atoms. The molecule has 1 heterocycles. The van der Waals surface area contributed by atoms with Crippen molar-refractivity contribution < 1.29 is 18.8 Å². The molecule has 6 heteroatoms. The summed E-state index contributed by atoms with van der Waals surface area (Å²) in [6.07, 6.45) is 1.46. The molecule has 1 unspecified atom stereocenters. The Balaban J connectivity index is 2.18. The van der Waals surface area contributed by atoms with Gasteiger partial charge in [-0.15, -0.1) is 0 Å². The van der Waals surface area contributed by atoms with Crippen molar-refractivity contribution >= 4 is 11.9 Å². The maximum absolute atomic E-state index is 12.5. The molecule has 0 spiro atoms. The van der Waals surface area contributed by atoms with Gasteiger partial charge in [-0.2, -0.15) is 0 Å². The van der Waals surface area contributed by atoms with Crippen LogP contribution in [0.5, 0.6) is 0 Å². The highest BCUT2D eigenvalue weighted by atomic mass is 16.5. The first-order valence-corrected chi connectivity index (χ1v) is 6.21. The number of esters is 1. The molecular weight excluding hydrogens is 248 g/mol. The molecular formula is C13H18N2O4. The smallest absolute Gasteiger partial charge is 0.328 e. The molecule has 6 nitrogen and oxygen atoms in total. The molecule has 0 aliphatic heterocycles. The molecule has 1 aromatic rings. The maximum Gasteiger partial charge on any atom is 0.328 e. The minimum absolute atomic E-state index is 0.112. The van der Waals surface area contributed by atoms with Gasteiger partial charge >= 0.3 is 5.97 Å². The number of aromatic nitrogens is 1. The first-order valence-electron chi connectivity index (χ1n) is 6.21. The fourth-order valence-electron chi connectivity index (χ4n) is 2.14. The van der Waals surface area contributed by atoms with E-state index in [9.17, 15) is 9.59 Å². The van der Waals surface area contributed by atoms with Crippen LogP contribution in [-0.4, -0.2) is 42.1 Å². The first-order chi connectivity index (χ1) is 8.92. The lowest BCUT2D eigenvalue weighted by molar-refractivity contribution is -0.151. The van der Waals surface area contributed by atoms with Gasteiger partial charge < -0.3 is 14.2 Å². The third kappa shape index (κ3) is 2.22. The Morgan fingerprint density at radius 1 is 1.53 bits per heavy atom. The van der Waals surface area contributed by atoms with E-state index in [2.05, 4.69) is 9.89 Å². The summed E-state index contributed by atoms with van der Waals surface area (Å²) in [5.74, 6) is 0.138. The molecule has 1 aromatic heterocycles. The number of aryl methyl sites for hydroxylation is 1. The SMILES string of the molecule is COC(=O)C(C)N(C)C(=O)C1(c2cc(C)on2)CC1. The van der Waals surface area contributed by atoms with Crippen LogP contribution in [0.15, 0.2) is 10.6 Å². The number of hydrogen-bond acceptors (Lipinski definition) is 5. The van der Waals surface area contributed by atoms with E-state index in [0.717, 1.165) is 12.8 Å². The average Bonchev–Trinajstić information content (AvgIpc) is 3.11. The molecule has 0 N–H and O–H groups in total. The zero-order chi connectivity index (χ0) is 14.2. The number of hydrogen-bond donors (Lipinski definition) is 0. The molecule has 0 aromatic carbocycles. The Morgan fingerprint density at radius 2 is 2.16 bits per heavy atom. The zero-order valence-corrected chi connectivity index (χ0v) is 11.6. The molecule has 2 rings (SSSR count). The minimum atomic E-state index is -0.616. The molecule has 0 saturated heterocycles. The maximum atomic E-state index is 12.5. The van der Waals surface area contributed by atoms with Crippen molar-refractivity contribution in [3.8, 4) is 0 Å². The second-order valence-electron chi connectivity index (χ2n) is 5.02. The van der Waals surface area contributed by atoms with Crippen LogP contribution in [0, 0.1) is 6.92 Å². The number of methoxy groups -OCH3 is 1. The van der Waals surface area contributed by atoms with Crippen LogP contribution in [0.25, 0.3) is 0 Å². The van der Waals surface area contributed by atoms with Crippen molar-refractivity contribution in [3.05, 3.63) is 17.5 Å². The van der Waals surface area contributed by atoms with Crippen LogP contribution in [0.1, 0.15) is 31.2 Å². The van der Waals surface area contributed by atoms with Crippen LogP contribution < -0.4 is 0 Å². The standard InChI is InChI=1S/C13H18N2O4/c1-8-7-10(14-19-8)13(5-6-13)12(17)15(3)9(2)11(16)18-4/h7,9H,5-6H2,1-4H3. The molecule has 1 amide bonds. The average molecular weight is 266 g/mol. The lowest BCUT2D eigenvalue weighted by atomic mass is 9.99. The van der Waals surface area contributed by atoms with Gasteiger partial charge in [0.05, 0.1) is 18.2 Å². The predicted molar refractivity (Wildman–Crippen MR) is 66.4 cm³/mol. The summed E-state index contributed by atoms with van der Waals surface area (Å²) in [5.41, 5.74) is 0.0355. The van der Waals surface area contributed by atoms with E-state index in [0.29, 0.717) is 11.5 Å². The molecule has 1 saturated carbocycles. The second kappa shape index (κ2) is 4.68. The fourth-order valence-corrected chi connectivity index (χ4v) is 2.14. The van der Waals surface area contributed by atoms with Gasteiger partial charge in [0.1, 0.15) is 11.8 Å². The Kier molecular flexibility index (Phi) is 3.34. The lowest BCUT2D eigenvalue weighted by Gasteiger charge is -2.26. The zero-order valence-electron chi connectivity index (χ0n) is 11.6. The summed E-state index contributed by atoms with van der Waals surface area (Å²) in [4.78, 5) is 25.5. The van der Waals surface area contributed by atoms with Crippen LogP contribution in [0.2, 0.25) is 0 Å². The van der Waals surface area contributed by atoms with Crippen molar-refractivity contribution in [2.45, 2.75) is 38.1 Å². The number of amides is 1. The lowest BCUT2D eigenvalue weighted by Crippen LogP contribution is -2.45. The van der Waals surface area contributed by atoms with Gasteiger partial charge in [-0.05, 0) is 26.7 Å². The predicted octanol–water partition coefficient (Wildman–Crippen LogP) is 1.03. The van der Waals surface area contributed by atoms with Gasteiger partial charge in [0.2, 0.25) is 5.91 Å². The van der Waals surface area contributed by atoms with Crippen molar-refractivity contribution in [2.75, 3.05) is 14.2 Å². The second-order valence-corrected chi connectivity index (χ2v) is 5.02. The quantitative estimate of drug-likeness (QED) is 0.761. The largest absolute Gasteiger partial charge is 0.467 e. The highest BCUT2D eigenvalue weighted by Crippen LogP contribution is 2.49. The van der Waals surface area contributed by atoms with E-state index in [1.54, 1.807) is 27.0 Å². The Labute approximate surface area is 111 Å². The number of ether oxygens (including phenoxy) is 1. The van der Waals surface area contributed by atoms with Crippen molar-refractivity contribution in [1.29, 1.82) is 0 Å². The normalized spacial score (nSPS) is 17.7. The number of rotatable bonds is 4. The molecule has 1 atom stereocenters. The van der Waals surface area contributed by atoms with Crippen molar-refractivity contribution in [2.24, 2.45) is 0 Å². The molecule has 1 aliphatic carbocycles. The third-order valence-electron chi connectivity index (χ3n) is 3.72. The van der Waals surface area contributed by atoms with E-state index >= 15 is 0 Å². The van der Waals surface area contributed by atoms with E-state index in [1.165, 1.54) is 12.0 Å². The van der Waals surface area contributed by atoms with Crippen LogP contribution in [-0.2, 0) is 19.7 Å². The van der Waals surface area contributed by atoms with Crippen LogP contribution in [0.3, 0.4) is 0 Å². The molecule has 104 valence electrons. The van der Waals surface area contributed by atoms with Crippen molar-refractivity contribution in [1.82, 2.24) is 10.1 Å². The fraction of sp³-hybridized carbons (Fsp3) is 0.615. The van der Waals surface area contributed by atoms with Crippen molar-refractivity contribution in [3.63, 3.8) is 0 Å². The highest BCUT2D eigenvalue weighted by molar-refractivity contribution is 5.93. The van der Waals surface area contributed by atoms with E-state index < -0.39 is 17.4 Å². The van der Waals surface area contributed by atoms with Gasteiger partial charge in [0.15, 0.2) is 0 Å². The number of carbonyl (C=O) groups excluding carboxylic acids is 2. The summed E-state index contributed by atoms with van der Waals surface area (Å²) >= 11 is 0. The van der Waals surface area contributed by atoms with Gasteiger partial charge in [-0.3, -0.25) is 4.79 Å². The van der Waals surface area contributed by atoms with Gasteiger partial charge in [0.25, 0.3) is 0 Å². The summed E-state index contributed by atoms with van der Waals surface area (Å²) in [6, 6.07) is 1.17. The molecule has 19 heavy (non-hydrogen) atoms. The Morgan fingerprint density at radius 3 is 2.58 bits per heavy atom. The van der Waals surface area contributed by atoms with Gasteiger partial charge in [-0.25, -0.2) is 4.79 Å². The number of likely N-dealkylation sites (N-methyl/N-ethyl adjacent to an activating group) is 1. The third-order valence-corrected chi connectivity index (χ3v) is 3.72. The van der Waals surface area contributed by atoms with Gasteiger partial charge in [0, 0.05) is 13.1 Å². The van der Waals surface area contributed by atoms with Gasteiger partial charge in [-0.1, -0.05) is 5.16 Å². The Hall–Kier alpha value is -1.85. The summed E-state index contributed by atoms with van der Waals surface area (Å²) in [7, 11) is 2.92. The first kappa shape index (κ1) is 13.6.